The van der Waals surface area contributed by atoms with Crippen LogP contribution in [0.3, 0.4) is 0 Å². The van der Waals surface area contributed by atoms with Crippen LogP contribution >= 0.6 is 26.6 Å². The van der Waals surface area contributed by atoms with E-state index in [1.165, 1.54) is 18.2 Å². The molecule has 0 fully saturated rings. The van der Waals surface area contributed by atoms with Crippen molar-refractivity contribution in [1.29, 1.82) is 0 Å². The summed E-state index contributed by atoms with van der Waals surface area (Å²) in [5.74, 6) is -0.886. The normalized spacial score (nSPS) is 11.1. The Kier molecular flexibility index (Phi) is 4.17. The summed E-state index contributed by atoms with van der Waals surface area (Å²) >= 11 is 3.00. The predicted octanol–water partition coefficient (Wildman–Crippen LogP) is 1.84. The standard InChI is InChI=1S/C8H6BrClO5S/c9-6-3-5(15-4-8(11)12)1-2-7(6)16(10,13)14/h1-3H,4H2,(H,11,12). The molecule has 0 aliphatic heterocycles. The molecule has 5 nitrogen and oxygen atoms in total. The van der Waals surface area contributed by atoms with Gasteiger partial charge >= 0.3 is 5.97 Å². The first-order chi connectivity index (χ1) is 7.30. The average molecular weight is 330 g/mol. The van der Waals surface area contributed by atoms with Crippen LogP contribution in [-0.4, -0.2) is 26.1 Å². The number of aliphatic carboxylic acids is 1. The first-order valence-electron chi connectivity index (χ1n) is 3.89. The van der Waals surface area contributed by atoms with Crippen LogP contribution in [0.1, 0.15) is 0 Å². The molecule has 1 aromatic rings. The molecule has 0 aromatic heterocycles. The second kappa shape index (κ2) is 5.03. The number of hydrogen-bond donors (Lipinski definition) is 1. The number of carboxylic acids is 1. The molecule has 0 aliphatic carbocycles. The van der Waals surface area contributed by atoms with Gasteiger partial charge in [-0.15, -0.1) is 0 Å². The molecule has 0 saturated carbocycles. The van der Waals surface area contributed by atoms with E-state index in [4.69, 9.17) is 20.5 Å². The van der Waals surface area contributed by atoms with E-state index in [0.29, 0.717) is 0 Å². The van der Waals surface area contributed by atoms with Gasteiger partial charge in [0, 0.05) is 15.2 Å². The summed E-state index contributed by atoms with van der Waals surface area (Å²) in [6, 6.07) is 3.88. The van der Waals surface area contributed by atoms with E-state index in [1.54, 1.807) is 0 Å². The van der Waals surface area contributed by atoms with Crippen molar-refractivity contribution in [1.82, 2.24) is 0 Å². The molecule has 1 rings (SSSR count). The zero-order chi connectivity index (χ0) is 12.3. The molecular formula is C8H6BrClO5S. The van der Waals surface area contributed by atoms with Crippen molar-refractivity contribution in [2.75, 3.05) is 6.61 Å². The number of rotatable bonds is 4. The van der Waals surface area contributed by atoms with Gasteiger partial charge in [-0.1, -0.05) is 0 Å². The SMILES string of the molecule is O=C(O)COc1ccc(S(=O)(=O)Cl)c(Br)c1. The summed E-state index contributed by atoms with van der Waals surface area (Å²) in [7, 11) is 1.32. The van der Waals surface area contributed by atoms with Crippen molar-refractivity contribution >= 4 is 41.6 Å². The van der Waals surface area contributed by atoms with Crippen molar-refractivity contribution in [3.63, 3.8) is 0 Å². The Bertz CT molecular complexity index is 513. The van der Waals surface area contributed by atoms with E-state index in [9.17, 15) is 13.2 Å². The maximum Gasteiger partial charge on any atom is 0.341 e. The van der Waals surface area contributed by atoms with Gasteiger partial charge in [-0.05, 0) is 34.1 Å². The fourth-order valence-electron chi connectivity index (χ4n) is 0.914. The molecule has 88 valence electrons. The highest BCUT2D eigenvalue weighted by molar-refractivity contribution is 9.10. The number of benzene rings is 1. The first kappa shape index (κ1) is 13.3. The molecule has 0 bridgehead atoms. The molecule has 0 aliphatic rings. The van der Waals surface area contributed by atoms with E-state index < -0.39 is 21.6 Å². The minimum absolute atomic E-state index is 0.100. The molecule has 1 aromatic carbocycles. The Hall–Kier alpha value is -0.790. The van der Waals surface area contributed by atoms with Gasteiger partial charge in [-0.2, -0.15) is 0 Å². The van der Waals surface area contributed by atoms with E-state index in [0.717, 1.165) is 0 Å². The molecule has 8 heteroatoms. The number of ether oxygens (including phenoxy) is 1. The third-order valence-electron chi connectivity index (χ3n) is 1.53. The van der Waals surface area contributed by atoms with Crippen molar-refractivity contribution in [2.24, 2.45) is 0 Å². The van der Waals surface area contributed by atoms with Gasteiger partial charge in [-0.25, -0.2) is 13.2 Å². The largest absolute Gasteiger partial charge is 0.482 e. The monoisotopic (exact) mass is 328 g/mol. The Balaban J connectivity index is 2.96. The van der Waals surface area contributed by atoms with Crippen LogP contribution in [0.4, 0.5) is 0 Å². The van der Waals surface area contributed by atoms with Crippen LogP contribution < -0.4 is 4.74 Å². The molecule has 0 radical (unpaired) electrons. The highest BCUT2D eigenvalue weighted by Crippen LogP contribution is 2.28. The maximum absolute atomic E-state index is 11.0. The number of halogens is 2. The summed E-state index contributed by atoms with van der Waals surface area (Å²) in [5.41, 5.74) is 0. The quantitative estimate of drug-likeness (QED) is 0.853. The van der Waals surface area contributed by atoms with E-state index in [2.05, 4.69) is 15.9 Å². The molecule has 1 N–H and O–H groups in total. The summed E-state index contributed by atoms with van der Waals surface area (Å²) < 4.78 is 27.1. The molecular weight excluding hydrogens is 324 g/mol. The van der Waals surface area contributed by atoms with Crippen molar-refractivity contribution in [2.45, 2.75) is 4.90 Å². The highest BCUT2D eigenvalue weighted by atomic mass is 79.9. The topological polar surface area (TPSA) is 80.7 Å². The van der Waals surface area contributed by atoms with Crippen LogP contribution in [0, 0.1) is 0 Å². The Morgan fingerprint density at radius 2 is 2.12 bits per heavy atom. The lowest BCUT2D eigenvalue weighted by Crippen LogP contribution is -2.09. The molecule has 0 unspecified atom stereocenters. The number of hydrogen-bond acceptors (Lipinski definition) is 4. The van der Waals surface area contributed by atoms with Gasteiger partial charge < -0.3 is 9.84 Å². The van der Waals surface area contributed by atoms with Crippen molar-refractivity contribution in [3.05, 3.63) is 22.7 Å². The van der Waals surface area contributed by atoms with Gasteiger partial charge in [0.2, 0.25) is 0 Å². The van der Waals surface area contributed by atoms with Crippen LogP contribution in [0.5, 0.6) is 5.75 Å². The lowest BCUT2D eigenvalue weighted by Gasteiger charge is -2.05. The second-order valence-electron chi connectivity index (χ2n) is 2.71. The van der Waals surface area contributed by atoms with E-state index in [-0.39, 0.29) is 15.1 Å². The molecule has 0 atom stereocenters. The lowest BCUT2D eigenvalue weighted by atomic mass is 10.3. The molecule has 0 saturated heterocycles. The van der Waals surface area contributed by atoms with Crippen molar-refractivity contribution < 1.29 is 23.1 Å². The molecule has 16 heavy (non-hydrogen) atoms. The third-order valence-corrected chi connectivity index (χ3v) is 3.83. The van der Waals surface area contributed by atoms with Gasteiger partial charge in [-0.3, -0.25) is 0 Å². The van der Waals surface area contributed by atoms with Crippen LogP contribution in [0.15, 0.2) is 27.6 Å². The van der Waals surface area contributed by atoms with Crippen LogP contribution in [0.25, 0.3) is 0 Å². The van der Waals surface area contributed by atoms with Crippen LogP contribution in [0.2, 0.25) is 0 Å². The maximum atomic E-state index is 11.0. The summed E-state index contributed by atoms with van der Waals surface area (Å²) in [5, 5.41) is 8.37. The van der Waals surface area contributed by atoms with Crippen molar-refractivity contribution in [3.8, 4) is 5.75 Å². The average Bonchev–Trinajstić information content (AvgIpc) is 2.12. The highest BCUT2D eigenvalue weighted by Gasteiger charge is 2.15. The Labute approximate surface area is 105 Å². The minimum Gasteiger partial charge on any atom is -0.482 e. The van der Waals surface area contributed by atoms with Gasteiger partial charge in [0.15, 0.2) is 6.61 Å². The minimum atomic E-state index is -3.83. The Morgan fingerprint density at radius 1 is 1.50 bits per heavy atom. The van der Waals surface area contributed by atoms with E-state index >= 15 is 0 Å². The zero-order valence-corrected chi connectivity index (χ0v) is 10.8. The summed E-state index contributed by atoms with van der Waals surface area (Å²) in [4.78, 5) is 10.1. The van der Waals surface area contributed by atoms with Crippen LogP contribution in [-0.2, 0) is 13.8 Å². The van der Waals surface area contributed by atoms with Gasteiger partial charge in [0.25, 0.3) is 9.05 Å². The predicted molar refractivity (Wildman–Crippen MR) is 60.3 cm³/mol. The molecule has 0 heterocycles. The third kappa shape index (κ3) is 3.66. The number of carboxylic acid groups (broad SMARTS) is 1. The summed E-state index contributed by atoms with van der Waals surface area (Å²) in [6.07, 6.45) is 0. The zero-order valence-electron chi connectivity index (χ0n) is 7.68. The second-order valence-corrected chi connectivity index (χ2v) is 6.10. The van der Waals surface area contributed by atoms with Gasteiger partial charge in [0.1, 0.15) is 5.75 Å². The lowest BCUT2D eigenvalue weighted by molar-refractivity contribution is -0.139. The smallest absolute Gasteiger partial charge is 0.341 e. The number of carbonyl (C=O) groups is 1. The fraction of sp³-hybridized carbons (Fsp3) is 0.125. The molecule has 0 amide bonds. The fourth-order valence-corrected chi connectivity index (χ4v) is 3.12. The molecule has 0 spiro atoms. The first-order valence-corrected chi connectivity index (χ1v) is 7.00. The Morgan fingerprint density at radius 3 is 2.56 bits per heavy atom. The van der Waals surface area contributed by atoms with Gasteiger partial charge in [0.05, 0.1) is 4.90 Å². The van der Waals surface area contributed by atoms with E-state index in [1.807, 2.05) is 0 Å². The summed E-state index contributed by atoms with van der Waals surface area (Å²) in [6.45, 7) is -0.501.